The van der Waals surface area contributed by atoms with Crippen LogP contribution in [0.25, 0.3) is 0 Å². The highest BCUT2D eigenvalue weighted by molar-refractivity contribution is 8.23. The topological polar surface area (TPSA) is 49.4 Å². The first-order valence-corrected chi connectivity index (χ1v) is 7.34. The molecule has 2 amide bonds. The number of benzene rings is 1. The number of nitrogens with zero attached hydrogens (tertiary/aromatic N) is 1. The number of hydrogen-bond acceptors (Lipinski definition) is 4. The minimum absolute atomic E-state index is 0.0207. The van der Waals surface area contributed by atoms with Crippen molar-refractivity contribution in [1.82, 2.24) is 10.2 Å². The van der Waals surface area contributed by atoms with Crippen LogP contribution in [-0.4, -0.2) is 39.9 Å². The van der Waals surface area contributed by atoms with E-state index >= 15 is 0 Å². The molecule has 0 atom stereocenters. The molecule has 1 aliphatic heterocycles. The quantitative estimate of drug-likeness (QED) is 0.829. The second-order valence-electron chi connectivity index (χ2n) is 4.11. The summed E-state index contributed by atoms with van der Waals surface area (Å²) in [6, 6.07) is 9.55. The molecule has 0 unspecified atom stereocenters. The van der Waals surface area contributed by atoms with Gasteiger partial charge >= 0.3 is 0 Å². The molecule has 0 radical (unpaired) electrons. The highest BCUT2D eigenvalue weighted by atomic mass is 32.2. The van der Waals surface area contributed by atoms with Crippen LogP contribution in [0, 0.1) is 0 Å². The van der Waals surface area contributed by atoms with Gasteiger partial charge in [0.15, 0.2) is 0 Å². The number of carbonyl (C=O) groups excluding carboxylic acids is 2. The molecule has 0 spiro atoms. The van der Waals surface area contributed by atoms with E-state index in [1.165, 1.54) is 11.8 Å². The molecule has 1 fully saturated rings. The number of amides is 2. The monoisotopic (exact) mass is 294 g/mol. The summed E-state index contributed by atoms with van der Waals surface area (Å²) in [5.41, 5.74) is 0.975. The van der Waals surface area contributed by atoms with Crippen LogP contribution in [0.4, 0.5) is 0 Å². The molecule has 0 aromatic heterocycles. The van der Waals surface area contributed by atoms with E-state index in [9.17, 15) is 9.59 Å². The van der Waals surface area contributed by atoms with Gasteiger partial charge in [-0.25, -0.2) is 0 Å². The summed E-state index contributed by atoms with van der Waals surface area (Å²) in [6.07, 6.45) is 0.355. The van der Waals surface area contributed by atoms with Crippen molar-refractivity contribution in [1.29, 1.82) is 0 Å². The second kappa shape index (κ2) is 6.68. The zero-order valence-corrected chi connectivity index (χ0v) is 11.9. The largest absolute Gasteiger partial charge is 0.354 e. The van der Waals surface area contributed by atoms with E-state index in [1.54, 1.807) is 4.90 Å². The SMILES string of the molecule is O=C(Cc1ccccc1)NCCN1C(=O)CSC1=S. The van der Waals surface area contributed by atoms with Crippen LogP contribution in [-0.2, 0) is 16.0 Å². The molecule has 2 rings (SSSR count). The summed E-state index contributed by atoms with van der Waals surface area (Å²) < 4.78 is 0.599. The van der Waals surface area contributed by atoms with Gasteiger partial charge in [0.2, 0.25) is 11.8 Å². The van der Waals surface area contributed by atoms with Crippen LogP contribution < -0.4 is 5.32 Å². The molecule has 1 aliphatic rings. The first kappa shape index (κ1) is 14.0. The van der Waals surface area contributed by atoms with Gasteiger partial charge in [0.05, 0.1) is 12.2 Å². The lowest BCUT2D eigenvalue weighted by Crippen LogP contribution is -2.37. The zero-order chi connectivity index (χ0) is 13.7. The Hall–Kier alpha value is -1.40. The van der Waals surface area contributed by atoms with Gasteiger partial charge in [-0.3, -0.25) is 14.5 Å². The average Bonchev–Trinajstić information content (AvgIpc) is 2.71. The maximum atomic E-state index is 11.7. The number of rotatable bonds is 5. The fourth-order valence-corrected chi connectivity index (χ4v) is 2.87. The number of thiocarbonyl (C=S) groups is 1. The average molecular weight is 294 g/mol. The summed E-state index contributed by atoms with van der Waals surface area (Å²) >= 11 is 6.43. The summed E-state index contributed by atoms with van der Waals surface area (Å²) in [6.45, 7) is 0.878. The van der Waals surface area contributed by atoms with E-state index in [0.717, 1.165) is 5.56 Å². The van der Waals surface area contributed by atoms with Gasteiger partial charge in [-0.15, -0.1) is 0 Å². The molecule has 4 nitrogen and oxygen atoms in total. The summed E-state index contributed by atoms with van der Waals surface area (Å²) in [4.78, 5) is 24.7. The highest BCUT2D eigenvalue weighted by Crippen LogP contribution is 2.18. The molecule has 1 heterocycles. The fourth-order valence-electron chi connectivity index (χ4n) is 1.75. The third-order valence-corrected chi connectivity index (χ3v) is 4.14. The van der Waals surface area contributed by atoms with Gasteiger partial charge in [-0.05, 0) is 5.56 Å². The Morgan fingerprint density at radius 2 is 2.11 bits per heavy atom. The molecule has 1 N–H and O–H groups in total. The Kier molecular flexibility index (Phi) is 4.93. The molecule has 0 aliphatic carbocycles. The number of nitrogens with one attached hydrogen (secondary N) is 1. The fraction of sp³-hybridized carbons (Fsp3) is 0.308. The molecule has 0 bridgehead atoms. The minimum Gasteiger partial charge on any atom is -0.354 e. The standard InChI is InChI=1S/C13H14N2O2S2/c16-11(8-10-4-2-1-3-5-10)14-6-7-15-12(17)9-19-13(15)18/h1-5H,6-9H2,(H,14,16). The Labute approximate surface area is 121 Å². The van der Waals surface area contributed by atoms with Crippen molar-refractivity contribution in [3.05, 3.63) is 35.9 Å². The lowest BCUT2D eigenvalue weighted by Gasteiger charge is -2.15. The van der Waals surface area contributed by atoms with Gasteiger partial charge in [0.1, 0.15) is 4.32 Å². The van der Waals surface area contributed by atoms with Gasteiger partial charge in [0.25, 0.3) is 0 Å². The van der Waals surface area contributed by atoms with Crippen LogP contribution in [0.1, 0.15) is 5.56 Å². The maximum Gasteiger partial charge on any atom is 0.238 e. The van der Waals surface area contributed by atoms with Crippen molar-refractivity contribution in [2.75, 3.05) is 18.8 Å². The lowest BCUT2D eigenvalue weighted by molar-refractivity contribution is -0.125. The molecule has 1 aromatic rings. The summed E-state index contributed by atoms with van der Waals surface area (Å²) in [5, 5.41) is 2.80. The van der Waals surface area contributed by atoms with Crippen molar-refractivity contribution in [2.45, 2.75) is 6.42 Å². The van der Waals surface area contributed by atoms with Crippen molar-refractivity contribution in [2.24, 2.45) is 0 Å². The number of thioether (sulfide) groups is 1. The minimum atomic E-state index is -0.0450. The predicted molar refractivity (Wildman–Crippen MR) is 79.9 cm³/mol. The second-order valence-corrected chi connectivity index (χ2v) is 5.72. The predicted octanol–water partition coefficient (Wildman–Crippen LogP) is 1.21. The maximum absolute atomic E-state index is 11.7. The third-order valence-electron chi connectivity index (χ3n) is 2.71. The number of carbonyl (C=O) groups is 2. The highest BCUT2D eigenvalue weighted by Gasteiger charge is 2.25. The Morgan fingerprint density at radius 1 is 1.37 bits per heavy atom. The van der Waals surface area contributed by atoms with Gasteiger partial charge in [0, 0.05) is 13.1 Å². The van der Waals surface area contributed by atoms with E-state index in [2.05, 4.69) is 5.32 Å². The Balaban J connectivity index is 1.72. The summed E-state index contributed by atoms with van der Waals surface area (Å²) in [5.74, 6) is 0.389. The molecule has 1 aromatic carbocycles. The van der Waals surface area contributed by atoms with Crippen LogP contribution in [0.2, 0.25) is 0 Å². The van der Waals surface area contributed by atoms with E-state index in [1.807, 2.05) is 30.3 Å². The third kappa shape index (κ3) is 4.04. The Bertz CT molecular complexity index is 475. The van der Waals surface area contributed by atoms with Crippen LogP contribution in [0.5, 0.6) is 0 Å². The van der Waals surface area contributed by atoms with Gasteiger partial charge in [-0.1, -0.05) is 54.3 Å². The van der Waals surface area contributed by atoms with E-state index in [0.29, 0.717) is 29.6 Å². The molecular weight excluding hydrogens is 280 g/mol. The normalized spacial score (nSPS) is 14.8. The molecular formula is C13H14N2O2S2. The molecule has 0 saturated carbocycles. The molecule has 19 heavy (non-hydrogen) atoms. The van der Waals surface area contributed by atoms with Crippen molar-refractivity contribution < 1.29 is 9.59 Å². The smallest absolute Gasteiger partial charge is 0.238 e. The molecule has 100 valence electrons. The lowest BCUT2D eigenvalue weighted by atomic mass is 10.1. The van der Waals surface area contributed by atoms with E-state index < -0.39 is 0 Å². The van der Waals surface area contributed by atoms with Crippen molar-refractivity contribution in [3.63, 3.8) is 0 Å². The van der Waals surface area contributed by atoms with Crippen LogP contribution >= 0.6 is 24.0 Å². The summed E-state index contributed by atoms with van der Waals surface area (Å²) in [7, 11) is 0. The van der Waals surface area contributed by atoms with Gasteiger partial charge < -0.3 is 5.32 Å². The van der Waals surface area contributed by atoms with Crippen LogP contribution in [0.3, 0.4) is 0 Å². The Morgan fingerprint density at radius 3 is 2.74 bits per heavy atom. The van der Waals surface area contributed by atoms with Crippen molar-refractivity contribution >= 4 is 40.1 Å². The van der Waals surface area contributed by atoms with Crippen LogP contribution in [0.15, 0.2) is 30.3 Å². The van der Waals surface area contributed by atoms with Crippen molar-refractivity contribution in [3.8, 4) is 0 Å². The first-order chi connectivity index (χ1) is 9.16. The van der Waals surface area contributed by atoms with E-state index in [4.69, 9.17) is 12.2 Å². The molecule has 1 saturated heterocycles. The number of hydrogen-bond donors (Lipinski definition) is 1. The zero-order valence-electron chi connectivity index (χ0n) is 10.3. The van der Waals surface area contributed by atoms with E-state index in [-0.39, 0.29) is 11.8 Å². The molecule has 6 heteroatoms. The first-order valence-electron chi connectivity index (χ1n) is 5.94. The van der Waals surface area contributed by atoms with Gasteiger partial charge in [-0.2, -0.15) is 0 Å².